The Kier molecular flexibility index (Phi) is 3.30. The van der Waals surface area contributed by atoms with E-state index in [0.29, 0.717) is 6.42 Å². The maximum Gasteiger partial charge on any atom is 0.161 e. The number of aliphatic hydroxyl groups is 1. The Bertz CT molecular complexity index is 145. The van der Waals surface area contributed by atoms with Crippen LogP contribution in [0, 0.1) is 0 Å². The molecule has 0 heterocycles. The fourth-order valence-corrected chi connectivity index (χ4v) is 0.491. The van der Waals surface area contributed by atoms with Crippen molar-refractivity contribution < 1.29 is 9.90 Å². The second kappa shape index (κ2) is 3.52. The fraction of sp³-hybridized carbons (Fsp3) is 0.625. The van der Waals surface area contributed by atoms with Gasteiger partial charge in [-0.15, -0.1) is 0 Å². The number of Topliss-reactive ketones (excluding diaryl/α,β-unsaturated/α-hetero) is 1. The molecule has 0 spiro atoms. The first-order chi connectivity index (χ1) is 4.50. The summed E-state index contributed by atoms with van der Waals surface area (Å²) in [5, 5.41) is 9.32. The van der Waals surface area contributed by atoms with Gasteiger partial charge in [0.25, 0.3) is 0 Å². The predicted molar refractivity (Wildman–Crippen MR) is 40.7 cm³/mol. The third kappa shape index (κ3) is 2.78. The third-order valence-electron chi connectivity index (χ3n) is 1.51. The van der Waals surface area contributed by atoms with Gasteiger partial charge in [0.1, 0.15) is 5.60 Å². The van der Waals surface area contributed by atoms with E-state index in [0.717, 1.165) is 0 Å². The van der Waals surface area contributed by atoms with Crippen LogP contribution in [-0.2, 0) is 4.79 Å². The van der Waals surface area contributed by atoms with Crippen LogP contribution in [0.3, 0.4) is 0 Å². The SMILES string of the molecule is C/C=C/C[C@@](C)(O)C(C)=O. The molecule has 0 amide bonds. The van der Waals surface area contributed by atoms with Crippen molar-refractivity contribution >= 4 is 5.78 Å². The van der Waals surface area contributed by atoms with Crippen molar-refractivity contribution in [1.82, 2.24) is 0 Å². The van der Waals surface area contributed by atoms with Crippen LogP contribution in [0.15, 0.2) is 12.2 Å². The Balaban J connectivity index is 3.99. The molecule has 0 fully saturated rings. The van der Waals surface area contributed by atoms with Gasteiger partial charge in [0, 0.05) is 6.42 Å². The monoisotopic (exact) mass is 142 g/mol. The molecule has 0 aliphatic carbocycles. The molecule has 0 rings (SSSR count). The molecule has 58 valence electrons. The van der Waals surface area contributed by atoms with E-state index in [9.17, 15) is 9.90 Å². The quantitative estimate of drug-likeness (QED) is 0.603. The second-order valence-electron chi connectivity index (χ2n) is 2.60. The van der Waals surface area contributed by atoms with Gasteiger partial charge in [0.15, 0.2) is 5.78 Å². The molecule has 10 heavy (non-hydrogen) atoms. The summed E-state index contributed by atoms with van der Waals surface area (Å²) in [4.78, 5) is 10.7. The molecule has 0 unspecified atom stereocenters. The number of ketones is 1. The fourth-order valence-electron chi connectivity index (χ4n) is 0.491. The average molecular weight is 142 g/mol. The molecule has 0 saturated heterocycles. The van der Waals surface area contributed by atoms with E-state index in [1.807, 2.05) is 13.0 Å². The van der Waals surface area contributed by atoms with Gasteiger partial charge in [-0.1, -0.05) is 12.2 Å². The van der Waals surface area contributed by atoms with Gasteiger partial charge in [0.05, 0.1) is 0 Å². The number of rotatable bonds is 3. The highest BCUT2D eigenvalue weighted by atomic mass is 16.3. The highest BCUT2D eigenvalue weighted by Crippen LogP contribution is 2.10. The molecule has 1 atom stereocenters. The van der Waals surface area contributed by atoms with Gasteiger partial charge >= 0.3 is 0 Å². The standard InChI is InChI=1S/C8H14O2/c1-4-5-6-8(3,10)7(2)9/h4-5,10H,6H2,1-3H3/b5-4+/t8-/m1/s1. The Morgan fingerprint density at radius 1 is 1.70 bits per heavy atom. The molecule has 1 N–H and O–H groups in total. The van der Waals surface area contributed by atoms with E-state index in [-0.39, 0.29) is 5.78 Å². The zero-order chi connectivity index (χ0) is 8.20. The van der Waals surface area contributed by atoms with E-state index < -0.39 is 5.60 Å². The number of hydrogen-bond donors (Lipinski definition) is 1. The topological polar surface area (TPSA) is 37.3 Å². The lowest BCUT2D eigenvalue weighted by atomic mass is 9.98. The maximum absolute atomic E-state index is 10.7. The van der Waals surface area contributed by atoms with Gasteiger partial charge in [-0.05, 0) is 20.8 Å². The number of allylic oxidation sites excluding steroid dienone is 1. The van der Waals surface area contributed by atoms with Crippen LogP contribution in [0.5, 0.6) is 0 Å². The Morgan fingerprint density at radius 3 is 2.50 bits per heavy atom. The summed E-state index contributed by atoms with van der Waals surface area (Å²) in [6.45, 7) is 4.77. The molecule has 0 saturated carbocycles. The molecule has 2 heteroatoms. The Labute approximate surface area is 61.6 Å². The number of hydrogen-bond acceptors (Lipinski definition) is 2. The van der Waals surface area contributed by atoms with Gasteiger partial charge in [-0.3, -0.25) is 4.79 Å². The van der Waals surface area contributed by atoms with Gasteiger partial charge in [-0.2, -0.15) is 0 Å². The van der Waals surface area contributed by atoms with Crippen molar-refractivity contribution in [3.8, 4) is 0 Å². The minimum Gasteiger partial charge on any atom is -0.382 e. The lowest BCUT2D eigenvalue weighted by molar-refractivity contribution is -0.133. The summed E-state index contributed by atoms with van der Waals surface area (Å²) in [5.74, 6) is -0.189. The maximum atomic E-state index is 10.7. The molecule has 0 aliphatic heterocycles. The van der Waals surface area contributed by atoms with Crippen LogP contribution in [0.25, 0.3) is 0 Å². The number of carbonyl (C=O) groups is 1. The lowest BCUT2D eigenvalue weighted by Gasteiger charge is -2.16. The molecule has 0 aromatic rings. The zero-order valence-corrected chi connectivity index (χ0v) is 6.72. The average Bonchev–Trinajstić information content (AvgIpc) is 1.84. The van der Waals surface area contributed by atoms with Gasteiger partial charge in [-0.25, -0.2) is 0 Å². The minimum atomic E-state index is -1.17. The Hall–Kier alpha value is -0.630. The van der Waals surface area contributed by atoms with E-state index in [2.05, 4.69) is 0 Å². The van der Waals surface area contributed by atoms with Crippen LogP contribution in [0.4, 0.5) is 0 Å². The molecule has 0 aliphatic rings. The van der Waals surface area contributed by atoms with Crippen molar-refractivity contribution in [2.45, 2.75) is 32.8 Å². The van der Waals surface area contributed by atoms with E-state index in [4.69, 9.17) is 0 Å². The van der Waals surface area contributed by atoms with Crippen molar-refractivity contribution in [3.63, 3.8) is 0 Å². The van der Waals surface area contributed by atoms with Crippen LogP contribution in [0.2, 0.25) is 0 Å². The summed E-state index contributed by atoms with van der Waals surface area (Å²) in [5.41, 5.74) is -1.17. The highest BCUT2D eigenvalue weighted by molar-refractivity contribution is 5.84. The van der Waals surface area contributed by atoms with E-state index in [1.54, 1.807) is 6.08 Å². The smallest absolute Gasteiger partial charge is 0.161 e. The summed E-state index contributed by atoms with van der Waals surface area (Å²) in [6.07, 6.45) is 4.00. The lowest BCUT2D eigenvalue weighted by Crippen LogP contribution is -2.31. The highest BCUT2D eigenvalue weighted by Gasteiger charge is 2.23. The third-order valence-corrected chi connectivity index (χ3v) is 1.51. The number of carbonyl (C=O) groups excluding carboxylic acids is 1. The van der Waals surface area contributed by atoms with Gasteiger partial charge in [0.2, 0.25) is 0 Å². The molecule has 0 aromatic heterocycles. The zero-order valence-electron chi connectivity index (χ0n) is 6.72. The first-order valence-corrected chi connectivity index (χ1v) is 3.35. The van der Waals surface area contributed by atoms with Crippen LogP contribution in [0.1, 0.15) is 27.2 Å². The first-order valence-electron chi connectivity index (χ1n) is 3.35. The molecule has 2 nitrogen and oxygen atoms in total. The second-order valence-corrected chi connectivity index (χ2v) is 2.60. The molecule has 0 aromatic carbocycles. The summed E-state index contributed by atoms with van der Waals surface area (Å²) < 4.78 is 0. The van der Waals surface area contributed by atoms with Crippen molar-refractivity contribution in [2.24, 2.45) is 0 Å². The predicted octanol–water partition coefficient (Wildman–Crippen LogP) is 1.29. The van der Waals surface area contributed by atoms with Crippen LogP contribution in [-0.4, -0.2) is 16.5 Å². The van der Waals surface area contributed by atoms with Crippen LogP contribution >= 0.6 is 0 Å². The first kappa shape index (κ1) is 9.37. The summed E-state index contributed by atoms with van der Waals surface area (Å²) in [7, 11) is 0. The minimum absolute atomic E-state index is 0.189. The largest absolute Gasteiger partial charge is 0.382 e. The Morgan fingerprint density at radius 2 is 2.20 bits per heavy atom. The molecular weight excluding hydrogens is 128 g/mol. The van der Waals surface area contributed by atoms with Crippen LogP contribution < -0.4 is 0 Å². The molecule has 0 radical (unpaired) electrons. The summed E-state index contributed by atoms with van der Waals surface area (Å²) in [6, 6.07) is 0. The molecule has 0 bridgehead atoms. The van der Waals surface area contributed by atoms with Crippen molar-refractivity contribution in [3.05, 3.63) is 12.2 Å². The van der Waals surface area contributed by atoms with E-state index in [1.165, 1.54) is 13.8 Å². The van der Waals surface area contributed by atoms with Crippen molar-refractivity contribution in [2.75, 3.05) is 0 Å². The normalized spacial score (nSPS) is 17.2. The van der Waals surface area contributed by atoms with E-state index >= 15 is 0 Å². The van der Waals surface area contributed by atoms with Gasteiger partial charge < -0.3 is 5.11 Å². The van der Waals surface area contributed by atoms with Crippen molar-refractivity contribution in [1.29, 1.82) is 0 Å². The summed E-state index contributed by atoms with van der Waals surface area (Å²) >= 11 is 0. The molecular formula is C8H14O2.